The third kappa shape index (κ3) is 3.77. The van der Waals surface area contributed by atoms with Gasteiger partial charge in [-0.15, -0.1) is 6.42 Å². The molecule has 0 unspecified atom stereocenters. The van der Waals surface area contributed by atoms with Crippen LogP contribution in [0.3, 0.4) is 0 Å². The second-order valence-electron chi connectivity index (χ2n) is 2.60. The molecular formula is C11H8F2NO. The lowest BCUT2D eigenvalue weighted by molar-refractivity contribution is 0.151. The summed E-state index contributed by atoms with van der Waals surface area (Å²) in [5, 5.41) is 3.43. The largest absolute Gasteiger partial charge is 0.382 e. The van der Waals surface area contributed by atoms with Gasteiger partial charge in [-0.3, -0.25) is 0 Å². The van der Waals surface area contributed by atoms with Crippen molar-refractivity contribution < 1.29 is 13.6 Å². The molecule has 2 nitrogen and oxygen atoms in total. The van der Waals surface area contributed by atoms with Crippen molar-refractivity contribution in [2.75, 3.05) is 6.61 Å². The van der Waals surface area contributed by atoms with Gasteiger partial charge in [0.1, 0.15) is 6.21 Å². The zero-order valence-corrected chi connectivity index (χ0v) is 7.78. The molecule has 4 heteroatoms. The van der Waals surface area contributed by atoms with Crippen molar-refractivity contribution in [2.45, 2.75) is 6.43 Å². The smallest absolute Gasteiger partial charge is 0.263 e. The number of rotatable bonds is 4. The number of benzene rings is 1. The minimum atomic E-state index is -2.46. The number of alkyl halides is 2. The molecule has 0 atom stereocenters. The number of hydrogen-bond acceptors (Lipinski definition) is 2. The number of nitrogens with zero attached hydrogens (tertiary/aromatic N) is 1. The zero-order valence-electron chi connectivity index (χ0n) is 7.78. The lowest BCUT2D eigenvalue weighted by atomic mass is 10.1. The fourth-order valence-corrected chi connectivity index (χ4v) is 0.858. The minimum absolute atomic E-state index is 0.0370. The number of halogens is 2. The molecule has 0 aliphatic rings. The van der Waals surface area contributed by atoms with Crippen LogP contribution in [0.1, 0.15) is 17.6 Å². The average molecular weight is 208 g/mol. The Kier molecular flexibility index (Phi) is 4.30. The SMILES string of the molecule is C#CCON=[C]c1ccc(C(F)F)cc1. The second-order valence-corrected chi connectivity index (χ2v) is 2.60. The predicted octanol–water partition coefficient (Wildman–Crippen LogP) is 2.48. The Bertz CT molecular complexity index is 365. The van der Waals surface area contributed by atoms with E-state index in [4.69, 9.17) is 6.42 Å². The molecule has 0 aromatic heterocycles. The lowest BCUT2D eigenvalue weighted by Crippen LogP contribution is -1.87. The van der Waals surface area contributed by atoms with E-state index in [1.165, 1.54) is 24.3 Å². The molecule has 0 spiro atoms. The summed E-state index contributed by atoms with van der Waals surface area (Å²) in [6, 6.07) is 5.57. The Labute approximate surface area is 86.5 Å². The molecule has 0 saturated heterocycles. The van der Waals surface area contributed by atoms with Gasteiger partial charge in [0.25, 0.3) is 6.43 Å². The maximum Gasteiger partial charge on any atom is 0.263 e. The molecule has 0 bridgehead atoms. The monoisotopic (exact) mass is 208 g/mol. The first kappa shape index (κ1) is 11.2. The van der Waals surface area contributed by atoms with E-state index in [2.05, 4.69) is 22.1 Å². The maximum absolute atomic E-state index is 12.2. The van der Waals surface area contributed by atoms with E-state index >= 15 is 0 Å². The molecule has 0 aliphatic carbocycles. The molecule has 15 heavy (non-hydrogen) atoms. The summed E-state index contributed by atoms with van der Waals surface area (Å²) in [7, 11) is 0. The van der Waals surface area contributed by atoms with Gasteiger partial charge in [0.2, 0.25) is 0 Å². The van der Waals surface area contributed by atoms with Crippen LogP contribution in [0.2, 0.25) is 0 Å². The summed E-state index contributed by atoms with van der Waals surface area (Å²) in [5.41, 5.74) is 0.515. The van der Waals surface area contributed by atoms with Crippen LogP contribution < -0.4 is 0 Å². The summed E-state index contributed by atoms with van der Waals surface area (Å²) >= 11 is 0. The van der Waals surface area contributed by atoms with Crippen LogP contribution in [0, 0.1) is 12.3 Å². The Morgan fingerprint density at radius 2 is 2.00 bits per heavy atom. The van der Waals surface area contributed by atoms with E-state index in [1.54, 1.807) is 0 Å². The molecule has 0 aliphatic heterocycles. The van der Waals surface area contributed by atoms with Crippen LogP contribution in [-0.2, 0) is 4.84 Å². The van der Waals surface area contributed by atoms with Crippen LogP contribution in [0.15, 0.2) is 29.4 Å². The van der Waals surface area contributed by atoms with Gasteiger partial charge in [0, 0.05) is 11.1 Å². The summed E-state index contributed by atoms with van der Waals surface area (Å²) < 4.78 is 24.3. The van der Waals surface area contributed by atoms with Crippen molar-refractivity contribution >= 4 is 6.21 Å². The average Bonchev–Trinajstić information content (AvgIpc) is 2.25. The first-order chi connectivity index (χ1) is 7.24. The lowest BCUT2D eigenvalue weighted by Gasteiger charge is -1.98. The van der Waals surface area contributed by atoms with Crippen LogP contribution in [0.25, 0.3) is 0 Å². The second kappa shape index (κ2) is 5.76. The van der Waals surface area contributed by atoms with Gasteiger partial charge in [-0.25, -0.2) is 8.78 Å². The van der Waals surface area contributed by atoms with Gasteiger partial charge in [-0.05, 0) is 0 Å². The standard InChI is InChI=1S/C11H8F2NO/c1-2-7-15-14-8-9-3-5-10(6-4-9)11(12)13/h1,3-6,11H,7H2. The fourth-order valence-electron chi connectivity index (χ4n) is 0.858. The van der Waals surface area contributed by atoms with Gasteiger partial charge in [-0.2, -0.15) is 0 Å². The summed E-state index contributed by atoms with van der Waals surface area (Å²) in [6.45, 7) is 0.0577. The highest BCUT2D eigenvalue weighted by Gasteiger charge is 2.04. The molecule has 0 amide bonds. The van der Waals surface area contributed by atoms with E-state index in [1.807, 2.05) is 0 Å². The fraction of sp³-hybridized carbons (Fsp3) is 0.182. The van der Waals surface area contributed by atoms with Crippen molar-refractivity contribution in [1.29, 1.82) is 0 Å². The van der Waals surface area contributed by atoms with E-state index in [9.17, 15) is 8.78 Å². The van der Waals surface area contributed by atoms with Crippen LogP contribution in [-0.4, -0.2) is 12.8 Å². The Morgan fingerprint density at radius 1 is 1.33 bits per heavy atom. The third-order valence-electron chi connectivity index (χ3n) is 1.55. The van der Waals surface area contributed by atoms with Gasteiger partial charge in [-0.1, -0.05) is 35.3 Å². The molecule has 1 aromatic carbocycles. The highest BCUT2D eigenvalue weighted by atomic mass is 19.3. The Balaban J connectivity index is 2.57. The highest BCUT2D eigenvalue weighted by molar-refractivity contribution is 5.79. The normalized spacial score (nSPS) is 10.5. The molecule has 0 saturated carbocycles. The van der Waals surface area contributed by atoms with Gasteiger partial charge >= 0.3 is 0 Å². The molecule has 77 valence electrons. The van der Waals surface area contributed by atoms with E-state index in [0.29, 0.717) is 5.56 Å². The highest BCUT2D eigenvalue weighted by Crippen LogP contribution is 2.18. The van der Waals surface area contributed by atoms with Crippen LogP contribution >= 0.6 is 0 Å². The van der Waals surface area contributed by atoms with Crippen molar-refractivity contribution in [3.8, 4) is 12.3 Å². The van der Waals surface area contributed by atoms with Gasteiger partial charge in [0.05, 0.1) is 0 Å². The zero-order chi connectivity index (χ0) is 11.1. The van der Waals surface area contributed by atoms with Crippen LogP contribution in [0.5, 0.6) is 0 Å². The number of hydrogen-bond donors (Lipinski definition) is 0. The topological polar surface area (TPSA) is 21.6 Å². The van der Waals surface area contributed by atoms with Crippen molar-refractivity contribution in [1.82, 2.24) is 0 Å². The maximum atomic E-state index is 12.2. The molecule has 1 radical (unpaired) electrons. The predicted molar refractivity (Wildman–Crippen MR) is 52.7 cm³/mol. The van der Waals surface area contributed by atoms with Crippen molar-refractivity contribution in [2.24, 2.45) is 5.16 Å². The molecule has 0 N–H and O–H groups in total. The van der Waals surface area contributed by atoms with Gasteiger partial charge < -0.3 is 4.84 Å². The van der Waals surface area contributed by atoms with Crippen molar-refractivity contribution in [3.05, 3.63) is 35.4 Å². The minimum Gasteiger partial charge on any atom is -0.382 e. The van der Waals surface area contributed by atoms with E-state index in [-0.39, 0.29) is 12.2 Å². The molecular weight excluding hydrogens is 200 g/mol. The summed E-state index contributed by atoms with van der Waals surface area (Å²) in [4.78, 5) is 4.59. The van der Waals surface area contributed by atoms with Crippen molar-refractivity contribution in [3.63, 3.8) is 0 Å². The first-order valence-corrected chi connectivity index (χ1v) is 4.13. The summed E-state index contributed by atoms with van der Waals surface area (Å²) in [5.74, 6) is 2.22. The van der Waals surface area contributed by atoms with Gasteiger partial charge in [0.15, 0.2) is 6.61 Å². The molecule has 0 fully saturated rings. The number of terminal acetylenes is 1. The van der Waals surface area contributed by atoms with Crippen LogP contribution in [0.4, 0.5) is 8.78 Å². The molecule has 1 aromatic rings. The quantitative estimate of drug-likeness (QED) is 0.322. The Morgan fingerprint density at radius 3 is 2.53 bits per heavy atom. The molecule has 1 rings (SSSR count). The third-order valence-corrected chi connectivity index (χ3v) is 1.55. The van der Waals surface area contributed by atoms with E-state index < -0.39 is 6.43 Å². The summed E-state index contributed by atoms with van der Waals surface area (Å²) in [6.07, 6.45) is 4.96. The van der Waals surface area contributed by atoms with E-state index in [0.717, 1.165) is 0 Å². The first-order valence-electron chi connectivity index (χ1n) is 4.13. The molecule has 0 heterocycles. The Hall–Kier alpha value is -1.89.